The second-order valence-corrected chi connectivity index (χ2v) is 7.97. The van der Waals surface area contributed by atoms with Gasteiger partial charge in [-0.15, -0.1) is 0 Å². The summed E-state index contributed by atoms with van der Waals surface area (Å²) in [5.41, 5.74) is 0.335. The zero-order valence-electron chi connectivity index (χ0n) is 13.9. The van der Waals surface area contributed by atoms with Crippen molar-refractivity contribution in [1.29, 1.82) is 0 Å². The molecule has 7 nitrogen and oxygen atoms in total. The summed E-state index contributed by atoms with van der Waals surface area (Å²) in [7, 11) is -3.63. The summed E-state index contributed by atoms with van der Waals surface area (Å²) < 4.78 is 27.1. The first kappa shape index (κ1) is 18.4. The number of nitrogens with zero attached hydrogens (tertiary/aromatic N) is 2. The second kappa shape index (κ2) is 7.76. The van der Waals surface area contributed by atoms with Crippen LogP contribution in [0.5, 0.6) is 0 Å². The zero-order valence-corrected chi connectivity index (χ0v) is 14.8. The minimum absolute atomic E-state index is 0.0838. The average Bonchev–Trinajstić information content (AvgIpc) is 2.59. The fourth-order valence-electron chi connectivity index (χ4n) is 2.37. The van der Waals surface area contributed by atoms with Gasteiger partial charge in [-0.1, -0.05) is 19.9 Å². The highest BCUT2D eigenvalue weighted by atomic mass is 32.2. The maximum Gasteiger partial charge on any atom is 0.254 e. The molecule has 1 aliphatic rings. The first-order valence-corrected chi connectivity index (χ1v) is 9.40. The predicted octanol–water partition coefficient (Wildman–Crippen LogP) is 0.535. The van der Waals surface area contributed by atoms with Gasteiger partial charge in [0.25, 0.3) is 5.91 Å². The van der Waals surface area contributed by atoms with Crippen molar-refractivity contribution < 1.29 is 18.0 Å². The van der Waals surface area contributed by atoms with Crippen molar-refractivity contribution in [2.45, 2.75) is 18.7 Å². The molecule has 0 saturated carbocycles. The molecule has 0 aliphatic carbocycles. The Bertz CT molecular complexity index is 695. The van der Waals surface area contributed by atoms with Crippen LogP contribution in [0.3, 0.4) is 0 Å². The van der Waals surface area contributed by atoms with Gasteiger partial charge < -0.3 is 9.80 Å². The normalized spacial score (nSPS) is 15.6. The molecular formula is C16H23N3O4S. The van der Waals surface area contributed by atoms with Gasteiger partial charge in [-0.25, -0.2) is 13.1 Å². The minimum atomic E-state index is -3.63. The molecule has 0 radical (unpaired) electrons. The maximum atomic E-state index is 12.5. The van der Waals surface area contributed by atoms with Crippen LogP contribution < -0.4 is 4.72 Å². The van der Waals surface area contributed by atoms with Gasteiger partial charge in [0.1, 0.15) is 0 Å². The summed E-state index contributed by atoms with van der Waals surface area (Å²) >= 11 is 0. The molecule has 132 valence electrons. The van der Waals surface area contributed by atoms with E-state index in [1.54, 1.807) is 21.9 Å². The monoisotopic (exact) mass is 353 g/mol. The molecule has 24 heavy (non-hydrogen) atoms. The Morgan fingerprint density at radius 1 is 1.25 bits per heavy atom. The summed E-state index contributed by atoms with van der Waals surface area (Å²) in [4.78, 5) is 26.6. The van der Waals surface area contributed by atoms with Crippen molar-refractivity contribution >= 4 is 22.3 Å². The van der Waals surface area contributed by atoms with Gasteiger partial charge in [-0.05, 0) is 24.1 Å². The quantitative estimate of drug-likeness (QED) is 0.756. The lowest BCUT2D eigenvalue weighted by molar-refractivity contribution is -0.119. The molecule has 0 bridgehead atoms. The molecule has 0 atom stereocenters. The Hall–Kier alpha value is -1.93. The van der Waals surface area contributed by atoms with Crippen LogP contribution in [0.1, 0.15) is 24.2 Å². The molecule has 2 rings (SSSR count). The summed E-state index contributed by atoms with van der Waals surface area (Å²) in [5.74, 6) is -0.0276. The maximum absolute atomic E-state index is 12.5. The van der Waals surface area contributed by atoms with E-state index in [-0.39, 0.29) is 16.7 Å². The van der Waals surface area contributed by atoms with Gasteiger partial charge >= 0.3 is 0 Å². The van der Waals surface area contributed by atoms with Crippen LogP contribution in [0, 0.1) is 5.92 Å². The van der Waals surface area contributed by atoms with E-state index in [9.17, 15) is 18.0 Å². The van der Waals surface area contributed by atoms with E-state index in [0.29, 0.717) is 38.3 Å². The van der Waals surface area contributed by atoms with Crippen molar-refractivity contribution in [3.8, 4) is 0 Å². The summed E-state index contributed by atoms with van der Waals surface area (Å²) in [5, 5.41) is 0. The molecule has 0 aromatic heterocycles. The molecule has 1 heterocycles. The lowest BCUT2D eigenvalue weighted by Crippen LogP contribution is -2.48. The number of sulfonamides is 1. The standard InChI is InChI=1S/C16H23N3O4S/c1-13(2)11-17-24(22,23)15-5-3-4-14(10-15)16(21)19-8-6-18(12-20)7-9-19/h3-5,10,12-13,17H,6-9,11H2,1-2H3. The largest absolute Gasteiger partial charge is 0.342 e. The highest BCUT2D eigenvalue weighted by Crippen LogP contribution is 2.14. The number of rotatable bonds is 6. The van der Waals surface area contributed by atoms with Gasteiger partial charge in [0, 0.05) is 38.3 Å². The molecule has 8 heteroatoms. The van der Waals surface area contributed by atoms with Crippen molar-refractivity contribution in [2.75, 3.05) is 32.7 Å². The van der Waals surface area contributed by atoms with Crippen LogP contribution in [-0.2, 0) is 14.8 Å². The third kappa shape index (κ3) is 4.55. The van der Waals surface area contributed by atoms with Gasteiger partial charge in [0.05, 0.1) is 4.90 Å². The molecule has 1 aromatic rings. The van der Waals surface area contributed by atoms with E-state index in [2.05, 4.69) is 4.72 Å². The Labute approximate surface area is 142 Å². The molecule has 1 saturated heterocycles. The third-order valence-corrected chi connectivity index (χ3v) is 5.24. The molecule has 1 N–H and O–H groups in total. The summed E-state index contributed by atoms with van der Waals surface area (Å²) in [6, 6.07) is 6.05. The van der Waals surface area contributed by atoms with Crippen molar-refractivity contribution in [3.63, 3.8) is 0 Å². The number of amides is 2. The van der Waals surface area contributed by atoms with Crippen LogP contribution in [0.25, 0.3) is 0 Å². The van der Waals surface area contributed by atoms with Gasteiger partial charge in [0.15, 0.2) is 0 Å². The van der Waals surface area contributed by atoms with Crippen LogP contribution in [0.4, 0.5) is 0 Å². The molecule has 1 fully saturated rings. The van der Waals surface area contributed by atoms with Gasteiger partial charge in [0.2, 0.25) is 16.4 Å². The topological polar surface area (TPSA) is 86.8 Å². The van der Waals surface area contributed by atoms with Gasteiger partial charge in [-0.2, -0.15) is 0 Å². The Morgan fingerprint density at radius 2 is 1.92 bits per heavy atom. The number of benzene rings is 1. The summed E-state index contributed by atoms with van der Waals surface area (Å²) in [6.45, 7) is 6.05. The summed E-state index contributed by atoms with van der Waals surface area (Å²) in [6.07, 6.45) is 0.773. The Morgan fingerprint density at radius 3 is 2.50 bits per heavy atom. The SMILES string of the molecule is CC(C)CNS(=O)(=O)c1cccc(C(=O)N2CCN(C=O)CC2)c1. The Kier molecular flexibility index (Phi) is 5.95. The first-order valence-electron chi connectivity index (χ1n) is 7.92. The van der Waals surface area contributed by atoms with Crippen LogP contribution in [-0.4, -0.2) is 63.3 Å². The fraction of sp³-hybridized carbons (Fsp3) is 0.500. The molecule has 1 aliphatic heterocycles. The smallest absolute Gasteiger partial charge is 0.254 e. The molecule has 1 aromatic carbocycles. The number of carbonyl (C=O) groups excluding carboxylic acids is 2. The highest BCUT2D eigenvalue weighted by Gasteiger charge is 2.23. The molecular weight excluding hydrogens is 330 g/mol. The number of piperazine rings is 1. The molecule has 0 spiro atoms. The fourth-order valence-corrected chi connectivity index (χ4v) is 3.63. The first-order chi connectivity index (χ1) is 11.3. The number of hydrogen-bond donors (Lipinski definition) is 1. The van der Waals surface area contributed by atoms with Crippen LogP contribution in [0.2, 0.25) is 0 Å². The van der Waals surface area contributed by atoms with Crippen LogP contribution in [0.15, 0.2) is 29.2 Å². The number of carbonyl (C=O) groups is 2. The van der Waals surface area contributed by atoms with E-state index in [4.69, 9.17) is 0 Å². The van der Waals surface area contributed by atoms with E-state index in [1.807, 2.05) is 13.8 Å². The molecule has 0 unspecified atom stereocenters. The Balaban J connectivity index is 2.12. The minimum Gasteiger partial charge on any atom is -0.342 e. The van der Waals surface area contributed by atoms with Crippen LogP contribution >= 0.6 is 0 Å². The number of nitrogens with one attached hydrogen (secondary N) is 1. The third-order valence-electron chi connectivity index (χ3n) is 3.82. The van der Waals surface area contributed by atoms with Crippen molar-refractivity contribution in [1.82, 2.24) is 14.5 Å². The second-order valence-electron chi connectivity index (χ2n) is 6.21. The lowest BCUT2D eigenvalue weighted by atomic mass is 10.2. The predicted molar refractivity (Wildman–Crippen MR) is 90.0 cm³/mol. The van der Waals surface area contributed by atoms with E-state index in [1.165, 1.54) is 12.1 Å². The van der Waals surface area contributed by atoms with E-state index < -0.39 is 10.0 Å². The molecule has 2 amide bonds. The highest BCUT2D eigenvalue weighted by molar-refractivity contribution is 7.89. The van der Waals surface area contributed by atoms with Crippen molar-refractivity contribution in [2.24, 2.45) is 5.92 Å². The zero-order chi connectivity index (χ0) is 17.7. The van der Waals surface area contributed by atoms with E-state index >= 15 is 0 Å². The average molecular weight is 353 g/mol. The van der Waals surface area contributed by atoms with Gasteiger partial charge in [-0.3, -0.25) is 9.59 Å². The lowest BCUT2D eigenvalue weighted by Gasteiger charge is -2.32. The van der Waals surface area contributed by atoms with E-state index in [0.717, 1.165) is 6.41 Å². The number of hydrogen-bond acceptors (Lipinski definition) is 4. The van der Waals surface area contributed by atoms with Crippen molar-refractivity contribution in [3.05, 3.63) is 29.8 Å².